The second-order valence-electron chi connectivity index (χ2n) is 4.99. The normalized spacial score (nSPS) is 19.8. The summed E-state index contributed by atoms with van der Waals surface area (Å²) in [6.07, 6.45) is 0.556. The van der Waals surface area contributed by atoms with Gasteiger partial charge in [0.05, 0.1) is 31.5 Å². The first-order chi connectivity index (χ1) is 7.53. The summed E-state index contributed by atoms with van der Waals surface area (Å²) in [5.41, 5.74) is -0.133. The van der Waals surface area contributed by atoms with Gasteiger partial charge in [0.25, 0.3) is 0 Å². The standard InChI is InChI=1S/C12H25NO3.ClH/c1-4-12(2,3)16-10-11(14)9-13-5-7-15-8-6-13;/h11,14H,4-10H2,1-3H3;1H. The fourth-order valence-corrected chi connectivity index (χ4v) is 1.56. The number of halogens is 1. The molecule has 0 spiro atoms. The van der Waals surface area contributed by atoms with Gasteiger partial charge in [0.2, 0.25) is 0 Å². The molecule has 0 aromatic carbocycles. The van der Waals surface area contributed by atoms with Crippen LogP contribution in [0.1, 0.15) is 27.2 Å². The molecule has 0 saturated carbocycles. The second-order valence-corrected chi connectivity index (χ2v) is 4.99. The number of aliphatic hydroxyl groups is 1. The van der Waals surface area contributed by atoms with Crippen LogP contribution < -0.4 is 0 Å². The first-order valence-corrected chi connectivity index (χ1v) is 6.15. The molecule has 0 radical (unpaired) electrons. The molecule has 0 bridgehead atoms. The summed E-state index contributed by atoms with van der Waals surface area (Å²) in [6, 6.07) is 0. The minimum atomic E-state index is -0.399. The molecule has 1 unspecified atom stereocenters. The van der Waals surface area contributed by atoms with Crippen LogP contribution in [0, 0.1) is 0 Å². The fourth-order valence-electron chi connectivity index (χ4n) is 1.56. The summed E-state index contributed by atoms with van der Waals surface area (Å²) < 4.78 is 10.9. The van der Waals surface area contributed by atoms with Crippen molar-refractivity contribution in [3.05, 3.63) is 0 Å². The zero-order valence-electron chi connectivity index (χ0n) is 11.1. The highest BCUT2D eigenvalue weighted by molar-refractivity contribution is 5.85. The van der Waals surface area contributed by atoms with Gasteiger partial charge in [0.1, 0.15) is 0 Å². The van der Waals surface area contributed by atoms with Crippen molar-refractivity contribution in [1.82, 2.24) is 4.90 Å². The van der Waals surface area contributed by atoms with Gasteiger partial charge in [-0.25, -0.2) is 0 Å². The van der Waals surface area contributed by atoms with E-state index in [2.05, 4.69) is 25.7 Å². The molecule has 4 nitrogen and oxygen atoms in total. The Morgan fingerprint density at radius 3 is 2.47 bits per heavy atom. The van der Waals surface area contributed by atoms with Gasteiger partial charge in [0.15, 0.2) is 0 Å². The Balaban J connectivity index is 0.00000256. The van der Waals surface area contributed by atoms with Crippen LogP contribution in [0.4, 0.5) is 0 Å². The van der Waals surface area contributed by atoms with Crippen molar-refractivity contribution in [3.63, 3.8) is 0 Å². The lowest BCUT2D eigenvalue weighted by molar-refractivity contribution is -0.0729. The lowest BCUT2D eigenvalue weighted by atomic mass is 10.1. The van der Waals surface area contributed by atoms with Gasteiger partial charge in [-0.1, -0.05) is 6.92 Å². The second kappa shape index (κ2) is 8.27. The highest BCUT2D eigenvalue weighted by atomic mass is 35.5. The quantitative estimate of drug-likeness (QED) is 0.788. The molecule has 1 heterocycles. The van der Waals surface area contributed by atoms with Crippen molar-refractivity contribution >= 4 is 12.4 Å². The smallest absolute Gasteiger partial charge is 0.0900 e. The van der Waals surface area contributed by atoms with Crippen LogP contribution in [0.3, 0.4) is 0 Å². The minimum Gasteiger partial charge on any atom is -0.389 e. The predicted octanol–water partition coefficient (Wildman–Crippen LogP) is 1.31. The number of nitrogens with zero attached hydrogens (tertiary/aromatic N) is 1. The van der Waals surface area contributed by atoms with Gasteiger partial charge in [-0.05, 0) is 20.3 Å². The Morgan fingerprint density at radius 2 is 1.94 bits per heavy atom. The number of β-amino-alcohol motifs (C(OH)–C–C–N with tert-alkyl or cyclic N) is 1. The molecule has 0 aromatic heterocycles. The van der Waals surface area contributed by atoms with Crippen LogP contribution in [0.2, 0.25) is 0 Å². The number of morpholine rings is 1. The Hall–Kier alpha value is 0.130. The van der Waals surface area contributed by atoms with Crippen LogP contribution in [-0.4, -0.2) is 61.2 Å². The molecule has 17 heavy (non-hydrogen) atoms. The lowest BCUT2D eigenvalue weighted by Crippen LogP contribution is -2.43. The van der Waals surface area contributed by atoms with E-state index in [1.165, 1.54) is 0 Å². The van der Waals surface area contributed by atoms with Crippen LogP contribution in [-0.2, 0) is 9.47 Å². The van der Waals surface area contributed by atoms with Crippen LogP contribution in [0.25, 0.3) is 0 Å². The predicted molar refractivity (Wildman–Crippen MR) is 70.8 cm³/mol. The largest absolute Gasteiger partial charge is 0.389 e. The molecule has 1 N–H and O–H groups in total. The van der Waals surface area contributed by atoms with Crippen LogP contribution >= 0.6 is 12.4 Å². The third-order valence-corrected chi connectivity index (χ3v) is 3.09. The average molecular weight is 268 g/mol. The fraction of sp³-hybridized carbons (Fsp3) is 1.00. The van der Waals surface area contributed by atoms with E-state index in [-0.39, 0.29) is 18.0 Å². The maximum Gasteiger partial charge on any atom is 0.0900 e. The van der Waals surface area contributed by atoms with Gasteiger partial charge >= 0.3 is 0 Å². The highest BCUT2D eigenvalue weighted by Crippen LogP contribution is 2.13. The third kappa shape index (κ3) is 7.21. The molecule has 0 amide bonds. The van der Waals surface area contributed by atoms with E-state index in [1.54, 1.807) is 0 Å². The molecule has 1 rings (SSSR count). The summed E-state index contributed by atoms with van der Waals surface area (Å²) in [6.45, 7) is 10.7. The average Bonchev–Trinajstić information content (AvgIpc) is 2.28. The first kappa shape index (κ1) is 17.1. The maximum absolute atomic E-state index is 9.85. The van der Waals surface area contributed by atoms with E-state index >= 15 is 0 Å². The van der Waals surface area contributed by atoms with E-state index in [0.29, 0.717) is 13.2 Å². The van der Waals surface area contributed by atoms with Crippen molar-refractivity contribution in [2.45, 2.75) is 38.9 Å². The summed E-state index contributed by atoms with van der Waals surface area (Å²) in [5, 5.41) is 9.85. The number of aliphatic hydroxyl groups excluding tert-OH is 1. The van der Waals surface area contributed by atoms with Gasteiger partial charge in [-0.2, -0.15) is 0 Å². The SMILES string of the molecule is CCC(C)(C)OCC(O)CN1CCOCC1.Cl. The monoisotopic (exact) mass is 267 g/mol. The van der Waals surface area contributed by atoms with E-state index in [9.17, 15) is 5.11 Å². The van der Waals surface area contributed by atoms with Gasteiger partial charge in [-0.15, -0.1) is 12.4 Å². The Labute approximate surface area is 111 Å². The van der Waals surface area contributed by atoms with Crippen LogP contribution in [0.5, 0.6) is 0 Å². The molecule has 1 aliphatic heterocycles. The molecular weight excluding hydrogens is 242 g/mol. The highest BCUT2D eigenvalue weighted by Gasteiger charge is 2.19. The van der Waals surface area contributed by atoms with E-state index in [4.69, 9.17) is 9.47 Å². The maximum atomic E-state index is 9.85. The number of ether oxygens (including phenoxy) is 2. The molecule has 0 aliphatic carbocycles. The van der Waals surface area contributed by atoms with Crippen LogP contribution in [0.15, 0.2) is 0 Å². The summed E-state index contributed by atoms with van der Waals surface area (Å²) in [5.74, 6) is 0. The molecule has 0 aromatic rings. The topological polar surface area (TPSA) is 41.9 Å². The molecule has 1 saturated heterocycles. The summed E-state index contributed by atoms with van der Waals surface area (Å²) in [4.78, 5) is 2.22. The van der Waals surface area contributed by atoms with E-state index in [0.717, 1.165) is 32.7 Å². The van der Waals surface area contributed by atoms with E-state index in [1.807, 2.05) is 0 Å². The molecular formula is C12H26ClNO3. The van der Waals surface area contributed by atoms with Crippen molar-refractivity contribution < 1.29 is 14.6 Å². The molecule has 104 valence electrons. The van der Waals surface area contributed by atoms with E-state index < -0.39 is 6.10 Å². The van der Waals surface area contributed by atoms with Crippen molar-refractivity contribution in [2.24, 2.45) is 0 Å². The Bertz CT molecular complexity index is 196. The Morgan fingerprint density at radius 1 is 1.35 bits per heavy atom. The molecule has 5 heteroatoms. The summed E-state index contributed by atoms with van der Waals surface area (Å²) in [7, 11) is 0. The third-order valence-electron chi connectivity index (χ3n) is 3.09. The van der Waals surface area contributed by atoms with Crippen molar-refractivity contribution in [2.75, 3.05) is 39.5 Å². The molecule has 1 aliphatic rings. The lowest BCUT2D eigenvalue weighted by Gasteiger charge is -2.30. The first-order valence-electron chi connectivity index (χ1n) is 6.15. The van der Waals surface area contributed by atoms with Gasteiger partial charge < -0.3 is 14.6 Å². The number of hydrogen-bond donors (Lipinski definition) is 1. The molecule has 1 atom stereocenters. The Kier molecular flexibility index (Phi) is 8.33. The zero-order chi connectivity index (χ0) is 12.0. The van der Waals surface area contributed by atoms with Crippen molar-refractivity contribution in [1.29, 1.82) is 0 Å². The number of hydrogen-bond acceptors (Lipinski definition) is 4. The molecule has 1 fully saturated rings. The zero-order valence-corrected chi connectivity index (χ0v) is 12.0. The van der Waals surface area contributed by atoms with Gasteiger partial charge in [-0.3, -0.25) is 4.90 Å². The van der Waals surface area contributed by atoms with Gasteiger partial charge in [0, 0.05) is 19.6 Å². The van der Waals surface area contributed by atoms with Crippen molar-refractivity contribution in [3.8, 4) is 0 Å². The summed E-state index contributed by atoms with van der Waals surface area (Å²) >= 11 is 0. The minimum absolute atomic E-state index is 0. The number of rotatable bonds is 6.